The van der Waals surface area contributed by atoms with Crippen LogP contribution in [0.4, 0.5) is 0 Å². The summed E-state index contributed by atoms with van der Waals surface area (Å²) in [6.07, 6.45) is 0. The van der Waals surface area contributed by atoms with Crippen LogP contribution in [-0.4, -0.2) is 11.5 Å². The summed E-state index contributed by atoms with van der Waals surface area (Å²) in [5, 5.41) is 7.79. The fourth-order valence-corrected chi connectivity index (χ4v) is 3.24. The molecule has 0 aliphatic rings. The van der Waals surface area contributed by atoms with Crippen LogP contribution in [0.25, 0.3) is 0 Å². The fourth-order valence-electron chi connectivity index (χ4n) is 1.80. The fraction of sp³-hybridized carbons (Fsp3) is 0.308. The topological polar surface area (TPSA) is 24.9 Å². The number of hydrogen-bond donors (Lipinski definition) is 1. The van der Waals surface area contributed by atoms with Crippen molar-refractivity contribution in [2.24, 2.45) is 0 Å². The summed E-state index contributed by atoms with van der Waals surface area (Å²) in [6.45, 7) is 4.92. The Morgan fingerprint density at radius 2 is 1.94 bits per heavy atom. The minimum atomic E-state index is 0.0462. The summed E-state index contributed by atoms with van der Waals surface area (Å²) >= 11 is 13.8. The molecule has 2 aromatic rings. The maximum Gasteiger partial charge on any atom is 0.114 e. The first-order chi connectivity index (χ1) is 8.60. The van der Waals surface area contributed by atoms with Crippen molar-refractivity contribution in [1.82, 2.24) is 10.3 Å². The summed E-state index contributed by atoms with van der Waals surface area (Å²) in [7, 11) is 0. The van der Waals surface area contributed by atoms with E-state index in [0.717, 1.165) is 22.8 Å². The average molecular weight is 301 g/mol. The molecule has 0 aliphatic carbocycles. The highest BCUT2D eigenvalue weighted by atomic mass is 35.5. The molecule has 0 aliphatic heterocycles. The van der Waals surface area contributed by atoms with Crippen molar-refractivity contribution in [1.29, 1.82) is 0 Å². The van der Waals surface area contributed by atoms with Crippen molar-refractivity contribution >= 4 is 34.5 Å². The molecule has 1 unspecified atom stereocenters. The zero-order valence-corrected chi connectivity index (χ0v) is 12.5. The lowest BCUT2D eigenvalue weighted by Gasteiger charge is -2.16. The third-order valence-electron chi connectivity index (χ3n) is 2.51. The number of rotatable bonds is 4. The van der Waals surface area contributed by atoms with E-state index < -0.39 is 0 Å². The van der Waals surface area contributed by atoms with E-state index in [9.17, 15) is 0 Å². The molecular weight excluding hydrogens is 287 g/mol. The van der Waals surface area contributed by atoms with Crippen LogP contribution in [0.1, 0.15) is 29.2 Å². The highest BCUT2D eigenvalue weighted by Crippen LogP contribution is 2.29. The predicted molar refractivity (Wildman–Crippen MR) is 78.8 cm³/mol. The molecule has 1 N–H and O–H groups in total. The first kappa shape index (κ1) is 13.8. The zero-order valence-electron chi connectivity index (χ0n) is 10.2. The Hall–Kier alpha value is -0.610. The lowest BCUT2D eigenvalue weighted by molar-refractivity contribution is 0.626. The minimum Gasteiger partial charge on any atom is -0.305 e. The van der Waals surface area contributed by atoms with E-state index in [0.29, 0.717) is 10.0 Å². The molecule has 1 aromatic heterocycles. The van der Waals surface area contributed by atoms with Crippen LogP contribution in [-0.2, 0) is 0 Å². The van der Waals surface area contributed by atoms with Gasteiger partial charge in [0.1, 0.15) is 5.01 Å². The van der Waals surface area contributed by atoms with Crippen molar-refractivity contribution in [2.45, 2.75) is 19.9 Å². The Balaban J connectivity index is 2.40. The van der Waals surface area contributed by atoms with E-state index in [4.69, 9.17) is 23.2 Å². The number of nitrogens with zero attached hydrogens (tertiary/aromatic N) is 1. The summed E-state index contributed by atoms with van der Waals surface area (Å²) in [4.78, 5) is 4.54. The summed E-state index contributed by atoms with van der Waals surface area (Å²) in [5.74, 6) is 0. The molecule has 0 fully saturated rings. The van der Waals surface area contributed by atoms with Gasteiger partial charge < -0.3 is 5.32 Å². The third kappa shape index (κ3) is 3.23. The molecule has 0 saturated heterocycles. The number of halogens is 2. The molecule has 0 spiro atoms. The van der Waals surface area contributed by atoms with Crippen LogP contribution >= 0.6 is 34.5 Å². The Morgan fingerprint density at radius 1 is 1.28 bits per heavy atom. The summed E-state index contributed by atoms with van der Waals surface area (Å²) in [6, 6.07) is 5.64. The Kier molecular flexibility index (Phi) is 4.62. The molecule has 2 nitrogen and oxygen atoms in total. The standard InChI is InChI=1S/C13H14Cl2N2S/c1-3-16-12(13-17-8(2)7-18-13)9-4-10(14)6-11(15)5-9/h4-7,12,16H,3H2,1-2H3. The van der Waals surface area contributed by atoms with Gasteiger partial charge in [-0.1, -0.05) is 30.1 Å². The second-order valence-electron chi connectivity index (χ2n) is 4.02. The smallest absolute Gasteiger partial charge is 0.114 e. The van der Waals surface area contributed by atoms with E-state index in [1.54, 1.807) is 17.4 Å². The number of nitrogens with one attached hydrogen (secondary N) is 1. The van der Waals surface area contributed by atoms with Gasteiger partial charge in [0.25, 0.3) is 0 Å². The number of thiazole rings is 1. The molecule has 0 radical (unpaired) electrons. The monoisotopic (exact) mass is 300 g/mol. The first-order valence-corrected chi connectivity index (χ1v) is 7.35. The van der Waals surface area contributed by atoms with Gasteiger partial charge in [-0.2, -0.15) is 0 Å². The van der Waals surface area contributed by atoms with Gasteiger partial charge in [-0.15, -0.1) is 11.3 Å². The van der Waals surface area contributed by atoms with Crippen LogP contribution < -0.4 is 5.32 Å². The SMILES string of the molecule is CCNC(c1cc(Cl)cc(Cl)c1)c1nc(C)cs1. The van der Waals surface area contributed by atoms with Gasteiger partial charge in [-0.05, 0) is 37.2 Å². The molecular formula is C13H14Cl2N2S. The second kappa shape index (κ2) is 6.02. The van der Waals surface area contributed by atoms with Crippen LogP contribution in [0.3, 0.4) is 0 Å². The normalized spacial score (nSPS) is 12.7. The van der Waals surface area contributed by atoms with Crippen LogP contribution in [0.5, 0.6) is 0 Å². The molecule has 5 heteroatoms. The Bertz CT molecular complexity index is 519. The number of aryl methyl sites for hydroxylation is 1. The highest BCUT2D eigenvalue weighted by Gasteiger charge is 2.17. The van der Waals surface area contributed by atoms with Crippen molar-refractivity contribution in [3.05, 3.63) is 49.9 Å². The van der Waals surface area contributed by atoms with Crippen molar-refractivity contribution in [3.8, 4) is 0 Å². The van der Waals surface area contributed by atoms with Crippen molar-refractivity contribution < 1.29 is 0 Å². The summed E-state index contributed by atoms with van der Waals surface area (Å²) < 4.78 is 0. The molecule has 1 heterocycles. The van der Waals surface area contributed by atoms with Crippen LogP contribution in [0.15, 0.2) is 23.6 Å². The average Bonchev–Trinajstić information content (AvgIpc) is 2.71. The maximum atomic E-state index is 6.06. The van der Waals surface area contributed by atoms with Gasteiger partial charge in [-0.3, -0.25) is 0 Å². The number of benzene rings is 1. The van der Waals surface area contributed by atoms with Crippen LogP contribution in [0, 0.1) is 6.92 Å². The van der Waals surface area contributed by atoms with Gasteiger partial charge >= 0.3 is 0 Å². The number of aromatic nitrogens is 1. The van der Waals surface area contributed by atoms with Crippen molar-refractivity contribution in [2.75, 3.05) is 6.54 Å². The van der Waals surface area contributed by atoms with Gasteiger partial charge in [0.2, 0.25) is 0 Å². The molecule has 1 atom stereocenters. The van der Waals surface area contributed by atoms with Gasteiger partial charge in [0.15, 0.2) is 0 Å². The largest absolute Gasteiger partial charge is 0.305 e. The molecule has 0 saturated carbocycles. The highest BCUT2D eigenvalue weighted by molar-refractivity contribution is 7.09. The third-order valence-corrected chi connectivity index (χ3v) is 3.97. The Morgan fingerprint density at radius 3 is 2.44 bits per heavy atom. The van der Waals surface area contributed by atoms with E-state index >= 15 is 0 Å². The van der Waals surface area contributed by atoms with Gasteiger partial charge in [0.05, 0.1) is 6.04 Å². The molecule has 1 aromatic carbocycles. The molecule has 0 amide bonds. The first-order valence-electron chi connectivity index (χ1n) is 5.71. The lowest BCUT2D eigenvalue weighted by Crippen LogP contribution is -2.21. The second-order valence-corrected chi connectivity index (χ2v) is 5.78. The molecule has 2 rings (SSSR count). The summed E-state index contributed by atoms with van der Waals surface area (Å²) in [5.41, 5.74) is 2.08. The Labute approximate surface area is 121 Å². The zero-order chi connectivity index (χ0) is 13.1. The predicted octanol–water partition coefficient (Wildman–Crippen LogP) is 4.46. The van der Waals surface area contributed by atoms with E-state index in [-0.39, 0.29) is 6.04 Å². The van der Waals surface area contributed by atoms with E-state index in [1.807, 2.05) is 24.4 Å². The van der Waals surface area contributed by atoms with Gasteiger partial charge in [-0.25, -0.2) is 4.98 Å². The van der Waals surface area contributed by atoms with Crippen LogP contribution in [0.2, 0.25) is 10.0 Å². The molecule has 96 valence electrons. The molecule has 0 bridgehead atoms. The van der Waals surface area contributed by atoms with E-state index in [1.165, 1.54) is 0 Å². The minimum absolute atomic E-state index is 0.0462. The lowest BCUT2D eigenvalue weighted by atomic mass is 10.1. The number of hydrogen-bond acceptors (Lipinski definition) is 3. The van der Waals surface area contributed by atoms with E-state index in [2.05, 4.69) is 17.2 Å². The van der Waals surface area contributed by atoms with Gasteiger partial charge in [0, 0.05) is 21.1 Å². The maximum absolute atomic E-state index is 6.06. The van der Waals surface area contributed by atoms with Crippen molar-refractivity contribution in [3.63, 3.8) is 0 Å². The quantitative estimate of drug-likeness (QED) is 0.902. The molecule has 18 heavy (non-hydrogen) atoms.